The molecule has 4 nitrogen and oxygen atoms in total. The van der Waals surface area contributed by atoms with Crippen LogP contribution in [0.15, 0.2) is 24.3 Å². The van der Waals surface area contributed by atoms with E-state index in [1.54, 1.807) is 6.92 Å². The molecule has 0 fully saturated rings. The second kappa shape index (κ2) is 4.66. The Morgan fingerprint density at radius 1 is 1.59 bits per heavy atom. The molecular formula is C12H14BrNO3. The number of ether oxygens (including phenoxy) is 1. The molecule has 0 radical (unpaired) electrons. The van der Waals surface area contributed by atoms with Crippen molar-refractivity contribution in [3.63, 3.8) is 0 Å². The fourth-order valence-electron chi connectivity index (χ4n) is 1.83. The smallest absolute Gasteiger partial charge is 0.288 e. The first-order valence-corrected chi connectivity index (χ1v) is 6.24. The standard InChI is InChI=1S/C12H14BrNO3/c1-12(11(15)14-16-2)10(13)7-8-5-3-4-6-9(8)17-12/h3-6,10H,7H2,1-2H3,(H,14,15). The summed E-state index contributed by atoms with van der Waals surface area (Å²) in [6, 6.07) is 7.71. The van der Waals surface area contributed by atoms with E-state index in [0.29, 0.717) is 0 Å². The molecule has 17 heavy (non-hydrogen) atoms. The van der Waals surface area contributed by atoms with E-state index < -0.39 is 5.60 Å². The number of halogens is 1. The number of amides is 1. The highest BCUT2D eigenvalue weighted by atomic mass is 79.9. The van der Waals surface area contributed by atoms with E-state index in [2.05, 4.69) is 26.2 Å². The van der Waals surface area contributed by atoms with E-state index in [0.717, 1.165) is 17.7 Å². The maximum absolute atomic E-state index is 11.9. The summed E-state index contributed by atoms with van der Waals surface area (Å²) in [7, 11) is 1.40. The van der Waals surface area contributed by atoms with Gasteiger partial charge in [0.2, 0.25) is 0 Å². The molecule has 0 aliphatic carbocycles. The quantitative estimate of drug-likeness (QED) is 0.669. The van der Waals surface area contributed by atoms with Crippen LogP contribution < -0.4 is 10.2 Å². The van der Waals surface area contributed by atoms with E-state index in [4.69, 9.17) is 4.74 Å². The van der Waals surface area contributed by atoms with Crippen molar-refractivity contribution in [2.75, 3.05) is 7.11 Å². The maximum atomic E-state index is 11.9. The number of carbonyl (C=O) groups excluding carboxylic acids is 1. The lowest BCUT2D eigenvalue weighted by Crippen LogP contribution is -2.56. The molecule has 1 amide bonds. The molecule has 1 N–H and O–H groups in total. The number of rotatable bonds is 2. The number of para-hydroxylation sites is 1. The predicted molar refractivity (Wildman–Crippen MR) is 67.0 cm³/mol. The third-order valence-corrected chi connectivity index (χ3v) is 4.13. The molecule has 1 heterocycles. The normalized spacial score (nSPS) is 26.9. The average Bonchev–Trinajstić information content (AvgIpc) is 2.31. The van der Waals surface area contributed by atoms with Crippen LogP contribution in [-0.2, 0) is 16.1 Å². The van der Waals surface area contributed by atoms with Gasteiger partial charge in [0.25, 0.3) is 5.91 Å². The SMILES string of the molecule is CONC(=O)C1(C)Oc2ccccc2CC1Br. The van der Waals surface area contributed by atoms with Crippen molar-refractivity contribution < 1.29 is 14.4 Å². The van der Waals surface area contributed by atoms with Crippen molar-refractivity contribution in [3.8, 4) is 5.75 Å². The molecule has 0 bridgehead atoms. The van der Waals surface area contributed by atoms with Gasteiger partial charge in [0.1, 0.15) is 5.75 Å². The van der Waals surface area contributed by atoms with Crippen molar-refractivity contribution >= 4 is 21.8 Å². The Morgan fingerprint density at radius 3 is 3.00 bits per heavy atom. The summed E-state index contributed by atoms with van der Waals surface area (Å²) in [6.07, 6.45) is 0.740. The zero-order valence-electron chi connectivity index (χ0n) is 9.70. The summed E-state index contributed by atoms with van der Waals surface area (Å²) in [5, 5.41) is 0. The number of fused-ring (bicyclic) bond motifs is 1. The molecule has 0 aromatic heterocycles. The van der Waals surface area contributed by atoms with Crippen LogP contribution in [-0.4, -0.2) is 23.4 Å². The summed E-state index contributed by atoms with van der Waals surface area (Å²) >= 11 is 3.51. The molecule has 2 rings (SSSR count). The van der Waals surface area contributed by atoms with E-state index in [9.17, 15) is 4.79 Å². The molecule has 2 atom stereocenters. The molecular weight excluding hydrogens is 286 g/mol. The summed E-state index contributed by atoms with van der Waals surface area (Å²) in [4.78, 5) is 16.5. The monoisotopic (exact) mass is 299 g/mol. The zero-order valence-corrected chi connectivity index (χ0v) is 11.3. The third-order valence-electron chi connectivity index (χ3n) is 2.94. The van der Waals surface area contributed by atoms with E-state index >= 15 is 0 Å². The van der Waals surface area contributed by atoms with Gasteiger partial charge in [0, 0.05) is 0 Å². The topological polar surface area (TPSA) is 47.6 Å². The van der Waals surface area contributed by atoms with Crippen molar-refractivity contribution in [3.05, 3.63) is 29.8 Å². The van der Waals surface area contributed by atoms with Gasteiger partial charge in [-0.25, -0.2) is 5.48 Å². The minimum absolute atomic E-state index is 0.0972. The number of carbonyl (C=O) groups is 1. The summed E-state index contributed by atoms with van der Waals surface area (Å²) in [6.45, 7) is 1.75. The van der Waals surface area contributed by atoms with Crippen LogP contribution in [0.25, 0.3) is 0 Å². The Labute approximate surface area is 108 Å². The second-order valence-corrected chi connectivity index (χ2v) is 5.23. The highest BCUT2D eigenvalue weighted by Gasteiger charge is 2.46. The van der Waals surface area contributed by atoms with E-state index in [-0.39, 0.29) is 10.7 Å². The van der Waals surface area contributed by atoms with Crippen LogP contribution in [0, 0.1) is 0 Å². The largest absolute Gasteiger partial charge is 0.476 e. The first kappa shape index (κ1) is 12.4. The van der Waals surface area contributed by atoms with Crippen molar-refractivity contribution in [2.45, 2.75) is 23.8 Å². The third kappa shape index (κ3) is 2.17. The Kier molecular flexibility index (Phi) is 3.40. The molecule has 1 aliphatic heterocycles. The van der Waals surface area contributed by atoms with E-state index in [1.807, 2.05) is 24.3 Å². The summed E-state index contributed by atoms with van der Waals surface area (Å²) in [5.74, 6) is 0.452. The molecule has 0 spiro atoms. The van der Waals surface area contributed by atoms with E-state index in [1.165, 1.54) is 7.11 Å². The predicted octanol–water partition coefficient (Wildman–Crippen LogP) is 1.82. The molecule has 2 unspecified atom stereocenters. The first-order valence-electron chi connectivity index (χ1n) is 5.32. The van der Waals surface area contributed by atoms with Gasteiger partial charge in [-0.05, 0) is 25.0 Å². The van der Waals surface area contributed by atoms with Crippen LogP contribution in [0.3, 0.4) is 0 Å². The zero-order chi connectivity index (χ0) is 12.5. The van der Waals surface area contributed by atoms with Gasteiger partial charge in [0.05, 0.1) is 11.9 Å². The van der Waals surface area contributed by atoms with Crippen molar-refractivity contribution in [2.24, 2.45) is 0 Å². The Bertz CT molecular complexity index is 438. The van der Waals surface area contributed by atoms with Gasteiger partial charge >= 0.3 is 0 Å². The molecule has 1 aliphatic rings. The molecule has 0 saturated heterocycles. The maximum Gasteiger partial charge on any atom is 0.288 e. The number of alkyl halides is 1. The minimum Gasteiger partial charge on any atom is -0.476 e. The number of hydroxylamine groups is 1. The van der Waals surface area contributed by atoms with Gasteiger partial charge in [-0.15, -0.1) is 0 Å². The fourth-order valence-corrected chi connectivity index (χ4v) is 2.48. The summed E-state index contributed by atoms with van der Waals surface area (Å²) < 4.78 is 5.81. The Balaban J connectivity index is 2.30. The van der Waals surface area contributed by atoms with Gasteiger partial charge in [-0.3, -0.25) is 9.63 Å². The summed E-state index contributed by atoms with van der Waals surface area (Å²) in [5.41, 5.74) is 2.45. The molecule has 0 saturated carbocycles. The highest BCUT2D eigenvalue weighted by molar-refractivity contribution is 9.09. The lowest BCUT2D eigenvalue weighted by Gasteiger charge is -2.37. The molecule has 1 aromatic rings. The number of nitrogens with one attached hydrogen (secondary N) is 1. The number of benzene rings is 1. The van der Waals surface area contributed by atoms with Crippen molar-refractivity contribution in [1.29, 1.82) is 0 Å². The lowest BCUT2D eigenvalue weighted by molar-refractivity contribution is -0.147. The fraction of sp³-hybridized carbons (Fsp3) is 0.417. The number of hydrogen-bond acceptors (Lipinski definition) is 3. The van der Waals surface area contributed by atoms with Crippen LogP contribution in [0.4, 0.5) is 0 Å². The minimum atomic E-state index is -0.968. The van der Waals surface area contributed by atoms with Gasteiger partial charge in [-0.2, -0.15) is 0 Å². The molecule has 5 heteroatoms. The van der Waals surface area contributed by atoms with Gasteiger partial charge < -0.3 is 4.74 Å². The van der Waals surface area contributed by atoms with Gasteiger partial charge in [0.15, 0.2) is 5.60 Å². The van der Waals surface area contributed by atoms with Crippen LogP contribution in [0.5, 0.6) is 5.75 Å². The highest BCUT2D eigenvalue weighted by Crippen LogP contribution is 2.36. The van der Waals surface area contributed by atoms with Crippen LogP contribution >= 0.6 is 15.9 Å². The number of hydrogen-bond donors (Lipinski definition) is 1. The van der Waals surface area contributed by atoms with Crippen molar-refractivity contribution in [1.82, 2.24) is 5.48 Å². The van der Waals surface area contributed by atoms with Crippen LogP contribution in [0.1, 0.15) is 12.5 Å². The molecule has 1 aromatic carbocycles. The lowest BCUT2D eigenvalue weighted by atomic mass is 9.92. The van der Waals surface area contributed by atoms with Gasteiger partial charge in [-0.1, -0.05) is 34.1 Å². The second-order valence-electron chi connectivity index (χ2n) is 4.12. The molecule has 92 valence electrons. The Hall–Kier alpha value is -1.07. The average molecular weight is 300 g/mol. The first-order chi connectivity index (χ1) is 8.08. The van der Waals surface area contributed by atoms with Crippen LogP contribution in [0.2, 0.25) is 0 Å². The Morgan fingerprint density at radius 2 is 2.29 bits per heavy atom.